The van der Waals surface area contributed by atoms with Crippen LogP contribution in [0.3, 0.4) is 0 Å². The minimum Gasteiger partial charge on any atom is -0.492 e. The summed E-state index contributed by atoms with van der Waals surface area (Å²) in [5.74, 6) is -2.30. The third kappa shape index (κ3) is 5.94. The molecule has 0 aromatic heterocycles. The fourth-order valence-electron chi connectivity index (χ4n) is 2.23. The first-order valence-electron chi connectivity index (χ1n) is 7.73. The van der Waals surface area contributed by atoms with Gasteiger partial charge in [0.2, 0.25) is 0 Å². The van der Waals surface area contributed by atoms with E-state index in [1.54, 1.807) is 6.07 Å². The van der Waals surface area contributed by atoms with Crippen LogP contribution in [0.5, 0.6) is 5.75 Å². The van der Waals surface area contributed by atoms with E-state index in [1.807, 2.05) is 22.6 Å². The third-order valence-electron chi connectivity index (χ3n) is 3.37. The van der Waals surface area contributed by atoms with Crippen LogP contribution in [-0.4, -0.2) is 30.3 Å². The van der Waals surface area contributed by atoms with E-state index in [0.717, 1.165) is 12.1 Å². The Hall–Kier alpha value is -2.63. The van der Waals surface area contributed by atoms with Gasteiger partial charge >= 0.3 is 6.09 Å². The molecule has 0 aliphatic carbocycles. The quantitative estimate of drug-likeness (QED) is 0.334. The van der Waals surface area contributed by atoms with Gasteiger partial charge in [-0.15, -0.1) is 0 Å². The number of hydrogen-bond donors (Lipinski definition) is 4. The molecule has 0 unspecified atom stereocenters. The number of hydrogen-bond acceptors (Lipinski definition) is 4. The lowest BCUT2D eigenvalue weighted by Crippen LogP contribution is -2.23. The Bertz CT molecular complexity index is 864. The molecule has 144 valence electrons. The molecule has 0 heterocycles. The van der Waals surface area contributed by atoms with E-state index < -0.39 is 23.6 Å². The molecule has 2 amide bonds. The third-order valence-corrected chi connectivity index (χ3v) is 4.04. The van der Waals surface area contributed by atoms with Crippen LogP contribution in [0, 0.1) is 15.2 Å². The molecule has 7 nitrogen and oxygen atoms in total. The summed E-state index contributed by atoms with van der Waals surface area (Å²) in [7, 11) is 0. The van der Waals surface area contributed by atoms with Crippen molar-refractivity contribution in [3.63, 3.8) is 0 Å². The van der Waals surface area contributed by atoms with Gasteiger partial charge in [0.15, 0.2) is 0 Å². The molecule has 0 aliphatic heterocycles. The van der Waals surface area contributed by atoms with Crippen molar-refractivity contribution >= 4 is 46.0 Å². The summed E-state index contributed by atoms with van der Waals surface area (Å²) < 4.78 is 34.1. The highest BCUT2D eigenvalue weighted by Gasteiger charge is 2.19. The Morgan fingerprint density at radius 3 is 2.56 bits per heavy atom. The summed E-state index contributed by atoms with van der Waals surface area (Å²) in [6, 6.07) is 6.36. The van der Waals surface area contributed by atoms with Crippen molar-refractivity contribution in [3.05, 3.63) is 51.1 Å². The molecule has 0 fully saturated rings. The average molecular weight is 491 g/mol. The zero-order valence-corrected chi connectivity index (χ0v) is 16.0. The summed E-state index contributed by atoms with van der Waals surface area (Å²) in [6.45, 7) is 0.136. The molecule has 0 atom stereocenters. The summed E-state index contributed by atoms with van der Waals surface area (Å²) in [5, 5.41) is 13.3. The van der Waals surface area contributed by atoms with Crippen LogP contribution in [0.25, 0.3) is 0 Å². The van der Waals surface area contributed by atoms with Gasteiger partial charge in [0.05, 0.1) is 18.0 Å². The van der Waals surface area contributed by atoms with E-state index in [4.69, 9.17) is 15.6 Å². The zero-order chi connectivity index (χ0) is 20.0. The largest absolute Gasteiger partial charge is 0.492 e. The molecular formula is C17H16F2IN3O4. The Morgan fingerprint density at radius 1 is 1.19 bits per heavy atom. The van der Waals surface area contributed by atoms with E-state index in [2.05, 4.69) is 10.6 Å². The van der Waals surface area contributed by atoms with E-state index in [9.17, 15) is 18.4 Å². The highest BCUT2D eigenvalue weighted by Crippen LogP contribution is 2.31. The molecule has 0 bridgehead atoms. The lowest BCUT2D eigenvalue weighted by atomic mass is 10.1. The smallest absolute Gasteiger partial charge is 0.404 e. The summed E-state index contributed by atoms with van der Waals surface area (Å²) >= 11 is 1.94. The van der Waals surface area contributed by atoms with E-state index in [0.29, 0.717) is 3.57 Å². The second-order valence-corrected chi connectivity index (χ2v) is 6.62. The van der Waals surface area contributed by atoms with Crippen molar-refractivity contribution in [1.29, 1.82) is 0 Å². The Balaban J connectivity index is 2.25. The maximum atomic E-state index is 14.1. The Morgan fingerprint density at radius 2 is 1.93 bits per heavy atom. The summed E-state index contributed by atoms with van der Waals surface area (Å²) in [6.07, 6.45) is -0.889. The topological polar surface area (TPSA) is 114 Å². The summed E-state index contributed by atoms with van der Waals surface area (Å²) in [4.78, 5) is 22.2. The number of halogens is 3. The van der Waals surface area contributed by atoms with Gasteiger partial charge in [0.25, 0.3) is 5.91 Å². The fourth-order valence-corrected chi connectivity index (χ4v) is 2.69. The number of primary amides is 1. The number of nitrogens with one attached hydrogen (secondary N) is 2. The highest BCUT2D eigenvalue weighted by molar-refractivity contribution is 14.1. The molecule has 0 spiro atoms. The standard InChI is InChI=1S/C17H16F2IN3O4/c18-9-6-13(23-12-3-2-10(20)8-11(12)19)15(16(21)24)14(7-9)27-5-1-4-22-17(25)26/h2-3,6-8,22-23H,1,4-5H2,(H2,21,24)(H,25,26). The predicted molar refractivity (Wildman–Crippen MR) is 103 cm³/mol. The number of carbonyl (C=O) groups is 2. The normalized spacial score (nSPS) is 10.3. The number of ether oxygens (including phenoxy) is 1. The van der Waals surface area contributed by atoms with Gasteiger partial charge in [-0.25, -0.2) is 13.6 Å². The number of rotatable bonds is 8. The number of amides is 2. The van der Waals surface area contributed by atoms with E-state index >= 15 is 0 Å². The van der Waals surface area contributed by atoms with Crippen LogP contribution in [0.1, 0.15) is 16.8 Å². The van der Waals surface area contributed by atoms with Gasteiger partial charge in [0.1, 0.15) is 22.9 Å². The zero-order valence-electron chi connectivity index (χ0n) is 13.9. The molecule has 2 aromatic carbocycles. The van der Waals surface area contributed by atoms with E-state index in [-0.39, 0.29) is 42.3 Å². The molecule has 0 saturated carbocycles. The van der Waals surface area contributed by atoms with Crippen molar-refractivity contribution in [1.82, 2.24) is 5.32 Å². The molecule has 0 aliphatic rings. The van der Waals surface area contributed by atoms with Crippen molar-refractivity contribution < 1.29 is 28.2 Å². The van der Waals surface area contributed by atoms with Crippen LogP contribution in [-0.2, 0) is 0 Å². The molecule has 2 aromatic rings. The van der Waals surface area contributed by atoms with Crippen molar-refractivity contribution in [2.24, 2.45) is 5.73 Å². The molecule has 2 rings (SSSR count). The maximum Gasteiger partial charge on any atom is 0.404 e. The second kappa shape index (κ2) is 9.35. The van der Waals surface area contributed by atoms with E-state index in [1.165, 1.54) is 12.1 Å². The molecule has 0 saturated heterocycles. The predicted octanol–water partition coefficient (Wildman–Crippen LogP) is 3.45. The fraction of sp³-hybridized carbons (Fsp3) is 0.176. The lowest BCUT2D eigenvalue weighted by Gasteiger charge is -2.16. The minimum atomic E-state index is -1.18. The molecule has 27 heavy (non-hydrogen) atoms. The van der Waals surface area contributed by atoms with Crippen molar-refractivity contribution in [2.45, 2.75) is 6.42 Å². The van der Waals surface area contributed by atoms with Gasteiger partial charge in [-0.2, -0.15) is 0 Å². The van der Waals surface area contributed by atoms with Gasteiger partial charge in [0, 0.05) is 16.2 Å². The van der Waals surface area contributed by atoms with Gasteiger partial charge < -0.3 is 26.2 Å². The summed E-state index contributed by atoms with van der Waals surface area (Å²) in [5.41, 5.74) is 5.25. The van der Waals surface area contributed by atoms with Crippen LogP contribution in [0.2, 0.25) is 0 Å². The highest BCUT2D eigenvalue weighted by atomic mass is 127. The first kappa shape index (κ1) is 20.7. The molecule has 10 heteroatoms. The minimum absolute atomic E-state index is 0.0152. The van der Waals surface area contributed by atoms with Crippen LogP contribution in [0.4, 0.5) is 25.0 Å². The van der Waals surface area contributed by atoms with Gasteiger partial charge in [-0.1, -0.05) is 0 Å². The monoisotopic (exact) mass is 491 g/mol. The Labute approximate surface area is 167 Å². The van der Waals surface area contributed by atoms with Gasteiger partial charge in [-0.05, 0) is 53.3 Å². The van der Waals surface area contributed by atoms with Crippen molar-refractivity contribution in [3.8, 4) is 5.75 Å². The second-order valence-electron chi connectivity index (χ2n) is 5.37. The van der Waals surface area contributed by atoms with Crippen LogP contribution in [0.15, 0.2) is 30.3 Å². The molecule has 5 N–H and O–H groups in total. The number of carboxylic acid groups (broad SMARTS) is 1. The van der Waals surface area contributed by atoms with Gasteiger partial charge in [-0.3, -0.25) is 4.79 Å². The first-order chi connectivity index (χ1) is 12.8. The number of carbonyl (C=O) groups excluding carboxylic acids is 1. The van der Waals surface area contributed by atoms with Crippen molar-refractivity contribution in [2.75, 3.05) is 18.5 Å². The number of nitrogens with two attached hydrogens (primary N) is 1. The molecular weight excluding hydrogens is 475 g/mol. The number of benzene rings is 2. The SMILES string of the molecule is NC(=O)c1c(Nc2ccc(I)cc2F)cc(F)cc1OCCCNC(=O)O. The van der Waals surface area contributed by atoms with Crippen LogP contribution >= 0.6 is 22.6 Å². The van der Waals surface area contributed by atoms with Crippen LogP contribution < -0.4 is 21.1 Å². The maximum absolute atomic E-state index is 14.1. The average Bonchev–Trinajstić information content (AvgIpc) is 2.56. The number of anilines is 2. The first-order valence-corrected chi connectivity index (χ1v) is 8.81. The lowest BCUT2D eigenvalue weighted by molar-refractivity contribution is 0.0997. The molecule has 0 radical (unpaired) electrons. The Kier molecular flexibility index (Phi) is 7.16.